The highest BCUT2D eigenvalue weighted by Gasteiger charge is 2.19. The van der Waals surface area contributed by atoms with Crippen molar-refractivity contribution in [3.63, 3.8) is 0 Å². The number of amides is 1. The Labute approximate surface area is 147 Å². The number of carbonyl (C=O) groups is 1. The molecule has 1 heterocycles. The Morgan fingerprint density at radius 3 is 2.48 bits per heavy atom. The third kappa shape index (κ3) is 4.47. The minimum Gasteiger partial charge on any atom is -0.493 e. The van der Waals surface area contributed by atoms with Gasteiger partial charge in [-0.3, -0.25) is 4.79 Å². The second-order valence-electron chi connectivity index (χ2n) is 5.94. The standard InChI is InChI=1S/C20H21N3O2/c1-23(2)16-10-8-15(9-11-16)14-18-20(24)22-19(21-18)12-13-25-17-6-4-3-5-7-17/h3-11,14H,12-13H2,1-2H3,(H,21,22,24)/b18-14+. The van der Waals surface area contributed by atoms with Crippen LogP contribution < -0.4 is 15.0 Å². The lowest BCUT2D eigenvalue weighted by Gasteiger charge is -2.11. The summed E-state index contributed by atoms with van der Waals surface area (Å²) in [6.07, 6.45) is 2.34. The van der Waals surface area contributed by atoms with Crippen molar-refractivity contribution in [2.24, 2.45) is 4.99 Å². The number of rotatable bonds is 6. The van der Waals surface area contributed by atoms with E-state index in [1.165, 1.54) is 0 Å². The number of hydrogen-bond donors (Lipinski definition) is 1. The zero-order valence-corrected chi connectivity index (χ0v) is 14.4. The predicted molar refractivity (Wildman–Crippen MR) is 101 cm³/mol. The van der Waals surface area contributed by atoms with Crippen molar-refractivity contribution in [3.05, 3.63) is 65.9 Å². The summed E-state index contributed by atoms with van der Waals surface area (Å²) in [6, 6.07) is 17.6. The van der Waals surface area contributed by atoms with Crippen LogP contribution in [0.1, 0.15) is 12.0 Å². The van der Waals surface area contributed by atoms with Crippen molar-refractivity contribution in [2.45, 2.75) is 6.42 Å². The number of anilines is 1. The van der Waals surface area contributed by atoms with Crippen LogP contribution in [-0.4, -0.2) is 32.4 Å². The predicted octanol–water partition coefficient (Wildman–Crippen LogP) is 3.09. The van der Waals surface area contributed by atoms with Gasteiger partial charge >= 0.3 is 0 Å². The van der Waals surface area contributed by atoms with E-state index in [4.69, 9.17) is 4.74 Å². The summed E-state index contributed by atoms with van der Waals surface area (Å²) in [5.74, 6) is 1.27. The Hall–Kier alpha value is -3.08. The lowest BCUT2D eigenvalue weighted by molar-refractivity contribution is -0.115. The van der Waals surface area contributed by atoms with Gasteiger partial charge in [0.25, 0.3) is 5.91 Å². The fourth-order valence-corrected chi connectivity index (χ4v) is 2.44. The normalized spacial score (nSPS) is 15.0. The van der Waals surface area contributed by atoms with Gasteiger partial charge in [0.05, 0.1) is 6.61 Å². The van der Waals surface area contributed by atoms with Gasteiger partial charge < -0.3 is 15.0 Å². The zero-order valence-electron chi connectivity index (χ0n) is 14.4. The molecule has 1 amide bonds. The number of ether oxygens (including phenoxy) is 1. The highest BCUT2D eigenvalue weighted by Crippen LogP contribution is 2.17. The second-order valence-corrected chi connectivity index (χ2v) is 5.94. The summed E-state index contributed by atoms with van der Waals surface area (Å²) in [6.45, 7) is 0.466. The molecule has 0 aliphatic carbocycles. The highest BCUT2D eigenvalue weighted by molar-refractivity contribution is 6.14. The molecule has 128 valence electrons. The molecule has 0 aromatic heterocycles. The smallest absolute Gasteiger partial charge is 0.275 e. The summed E-state index contributed by atoms with van der Waals surface area (Å²) in [5.41, 5.74) is 2.48. The van der Waals surface area contributed by atoms with Crippen LogP contribution in [0, 0.1) is 0 Å². The maximum Gasteiger partial charge on any atom is 0.275 e. The average Bonchev–Trinajstić information content (AvgIpc) is 2.96. The third-order valence-corrected chi connectivity index (χ3v) is 3.81. The first kappa shape index (κ1) is 16.8. The van der Waals surface area contributed by atoms with Gasteiger partial charge in [-0.2, -0.15) is 0 Å². The zero-order chi connectivity index (χ0) is 17.6. The molecule has 1 N–H and O–H groups in total. The number of nitrogens with zero attached hydrogens (tertiary/aromatic N) is 2. The van der Waals surface area contributed by atoms with Crippen LogP contribution >= 0.6 is 0 Å². The van der Waals surface area contributed by atoms with E-state index in [2.05, 4.69) is 10.3 Å². The van der Waals surface area contributed by atoms with Crippen LogP contribution in [0.3, 0.4) is 0 Å². The van der Waals surface area contributed by atoms with Gasteiger partial charge in [-0.1, -0.05) is 30.3 Å². The van der Waals surface area contributed by atoms with Crippen molar-refractivity contribution in [1.82, 2.24) is 5.32 Å². The maximum absolute atomic E-state index is 12.1. The van der Waals surface area contributed by atoms with E-state index in [-0.39, 0.29) is 5.91 Å². The molecule has 2 aromatic carbocycles. The van der Waals surface area contributed by atoms with E-state index in [0.29, 0.717) is 24.6 Å². The molecule has 0 unspecified atom stereocenters. The molecule has 0 atom stereocenters. The molecule has 0 bridgehead atoms. The molecule has 0 saturated carbocycles. The van der Waals surface area contributed by atoms with Crippen molar-refractivity contribution in [2.75, 3.05) is 25.6 Å². The summed E-state index contributed by atoms with van der Waals surface area (Å²) < 4.78 is 5.64. The molecule has 0 fully saturated rings. The number of nitrogens with one attached hydrogen (secondary N) is 1. The molecule has 5 nitrogen and oxygen atoms in total. The van der Waals surface area contributed by atoms with E-state index < -0.39 is 0 Å². The van der Waals surface area contributed by atoms with E-state index in [9.17, 15) is 4.79 Å². The number of carbonyl (C=O) groups excluding carboxylic acids is 1. The van der Waals surface area contributed by atoms with Crippen LogP contribution in [-0.2, 0) is 4.79 Å². The first-order chi connectivity index (χ1) is 12.1. The van der Waals surface area contributed by atoms with Crippen LogP contribution in [0.15, 0.2) is 65.3 Å². The SMILES string of the molecule is CN(C)c1ccc(/C=C2/N=C(CCOc3ccccc3)NC2=O)cc1. The number of hydrogen-bond acceptors (Lipinski definition) is 4. The average molecular weight is 335 g/mol. The molecule has 1 aliphatic rings. The molecule has 0 radical (unpaired) electrons. The Morgan fingerprint density at radius 1 is 1.08 bits per heavy atom. The third-order valence-electron chi connectivity index (χ3n) is 3.81. The van der Waals surface area contributed by atoms with Gasteiger partial charge in [-0.15, -0.1) is 0 Å². The van der Waals surface area contributed by atoms with Crippen molar-refractivity contribution in [3.8, 4) is 5.75 Å². The summed E-state index contributed by atoms with van der Waals surface area (Å²) in [7, 11) is 3.98. The molecule has 25 heavy (non-hydrogen) atoms. The first-order valence-electron chi connectivity index (χ1n) is 8.18. The minimum absolute atomic E-state index is 0.175. The lowest BCUT2D eigenvalue weighted by atomic mass is 10.1. The Morgan fingerprint density at radius 2 is 1.80 bits per heavy atom. The molecule has 1 aliphatic heterocycles. The van der Waals surface area contributed by atoms with Gasteiger partial charge in [0.15, 0.2) is 0 Å². The van der Waals surface area contributed by atoms with Crippen LogP contribution in [0.5, 0.6) is 5.75 Å². The van der Waals surface area contributed by atoms with E-state index in [1.807, 2.05) is 73.6 Å². The molecular weight excluding hydrogens is 314 g/mol. The second kappa shape index (κ2) is 7.66. The van der Waals surface area contributed by atoms with Gasteiger partial charge in [0.1, 0.15) is 17.3 Å². The molecule has 5 heteroatoms. The van der Waals surface area contributed by atoms with Crippen molar-refractivity contribution < 1.29 is 9.53 Å². The first-order valence-corrected chi connectivity index (χ1v) is 8.18. The summed E-state index contributed by atoms with van der Waals surface area (Å²) in [4.78, 5) is 18.5. The molecule has 0 saturated heterocycles. The lowest BCUT2D eigenvalue weighted by Crippen LogP contribution is -2.25. The Kier molecular flexibility index (Phi) is 5.14. The van der Waals surface area contributed by atoms with E-state index >= 15 is 0 Å². The highest BCUT2D eigenvalue weighted by atomic mass is 16.5. The van der Waals surface area contributed by atoms with Gasteiger partial charge in [0.2, 0.25) is 0 Å². The summed E-state index contributed by atoms with van der Waals surface area (Å²) >= 11 is 0. The number of aliphatic imine (C=N–C) groups is 1. The number of para-hydroxylation sites is 1. The minimum atomic E-state index is -0.175. The van der Waals surface area contributed by atoms with Crippen LogP contribution in [0.2, 0.25) is 0 Å². The number of benzene rings is 2. The van der Waals surface area contributed by atoms with E-state index in [1.54, 1.807) is 6.08 Å². The largest absolute Gasteiger partial charge is 0.493 e. The quantitative estimate of drug-likeness (QED) is 0.826. The molecular formula is C20H21N3O2. The van der Waals surface area contributed by atoms with Crippen LogP contribution in [0.4, 0.5) is 5.69 Å². The molecule has 3 rings (SSSR count). The Bertz CT molecular complexity index is 793. The monoisotopic (exact) mass is 335 g/mol. The van der Waals surface area contributed by atoms with Gasteiger partial charge in [0, 0.05) is 26.2 Å². The van der Waals surface area contributed by atoms with Crippen molar-refractivity contribution >= 4 is 23.5 Å². The van der Waals surface area contributed by atoms with E-state index in [0.717, 1.165) is 17.0 Å². The van der Waals surface area contributed by atoms with Crippen molar-refractivity contribution in [1.29, 1.82) is 0 Å². The fourth-order valence-electron chi connectivity index (χ4n) is 2.44. The molecule has 2 aromatic rings. The number of amidine groups is 1. The van der Waals surface area contributed by atoms with Crippen LogP contribution in [0.25, 0.3) is 6.08 Å². The molecule has 0 spiro atoms. The topological polar surface area (TPSA) is 53.9 Å². The van der Waals surface area contributed by atoms with Gasteiger partial charge in [-0.05, 0) is 35.9 Å². The Balaban J connectivity index is 1.61. The fraction of sp³-hybridized carbons (Fsp3) is 0.200. The maximum atomic E-state index is 12.1. The summed E-state index contributed by atoms with van der Waals surface area (Å²) in [5, 5.41) is 2.79. The van der Waals surface area contributed by atoms with Gasteiger partial charge in [-0.25, -0.2) is 4.99 Å².